The lowest BCUT2D eigenvalue weighted by atomic mass is 10.1. The van der Waals surface area contributed by atoms with Crippen LogP contribution in [0.2, 0.25) is 0 Å². The van der Waals surface area contributed by atoms with Crippen LogP contribution in [0.15, 0.2) is 58.4 Å². The Bertz CT molecular complexity index is 488. The molecular formula is C13H12N2O. The van der Waals surface area contributed by atoms with Crippen molar-refractivity contribution in [2.75, 3.05) is 11.6 Å². The zero-order valence-corrected chi connectivity index (χ0v) is 8.84. The van der Waals surface area contributed by atoms with E-state index < -0.39 is 0 Å². The van der Waals surface area contributed by atoms with Gasteiger partial charge in [-0.1, -0.05) is 18.2 Å². The van der Waals surface area contributed by atoms with Crippen molar-refractivity contribution in [3.05, 3.63) is 54.5 Å². The maximum absolute atomic E-state index is 5.07. The van der Waals surface area contributed by atoms with E-state index in [0.717, 1.165) is 29.9 Å². The number of furan rings is 1. The van der Waals surface area contributed by atoms with Crippen LogP contribution in [-0.2, 0) is 0 Å². The minimum absolute atomic E-state index is 0.935. The molecule has 1 aliphatic rings. The minimum Gasteiger partial charge on any atom is -0.472 e. The summed E-state index contributed by atoms with van der Waals surface area (Å²) in [5, 5.41) is 6.62. The third kappa shape index (κ3) is 1.60. The number of rotatable bonds is 2. The molecule has 0 bridgehead atoms. The molecule has 0 fully saturated rings. The van der Waals surface area contributed by atoms with Crippen LogP contribution in [0.25, 0.3) is 0 Å². The molecule has 1 aromatic heterocycles. The lowest BCUT2D eigenvalue weighted by Crippen LogP contribution is -2.11. The van der Waals surface area contributed by atoms with E-state index in [4.69, 9.17) is 4.42 Å². The summed E-state index contributed by atoms with van der Waals surface area (Å²) in [7, 11) is 0. The summed E-state index contributed by atoms with van der Waals surface area (Å²) in [6.45, 7) is 0.935. The summed E-state index contributed by atoms with van der Waals surface area (Å²) < 4.78 is 5.07. The smallest absolute Gasteiger partial charge is 0.0993 e. The van der Waals surface area contributed by atoms with Crippen LogP contribution in [0, 0.1) is 0 Å². The molecule has 0 atom stereocenters. The Balaban J connectivity index is 1.87. The summed E-state index contributed by atoms with van der Waals surface area (Å²) in [5.74, 6) is 0. The highest BCUT2D eigenvalue weighted by molar-refractivity contribution is 6.02. The third-order valence-corrected chi connectivity index (χ3v) is 2.71. The molecule has 0 saturated carbocycles. The fraction of sp³-hybridized carbons (Fsp3) is 0.154. The topological polar surface area (TPSA) is 28.7 Å². The molecule has 0 N–H and O–H groups in total. The number of benzene rings is 1. The molecule has 3 rings (SSSR count). The highest BCUT2D eigenvalue weighted by atomic mass is 16.3. The third-order valence-electron chi connectivity index (χ3n) is 2.71. The molecule has 0 amide bonds. The largest absolute Gasteiger partial charge is 0.472 e. The van der Waals surface area contributed by atoms with Crippen molar-refractivity contribution >= 4 is 11.4 Å². The van der Waals surface area contributed by atoms with Crippen LogP contribution in [0.5, 0.6) is 0 Å². The lowest BCUT2D eigenvalue weighted by Gasteiger charge is -2.12. The number of para-hydroxylation sites is 1. The number of hydrogen-bond acceptors (Lipinski definition) is 3. The van der Waals surface area contributed by atoms with Gasteiger partial charge in [0.25, 0.3) is 0 Å². The number of hydrogen-bond donors (Lipinski definition) is 0. The van der Waals surface area contributed by atoms with E-state index in [1.54, 1.807) is 12.5 Å². The minimum atomic E-state index is 0.935. The molecule has 0 aliphatic carbocycles. The Labute approximate surface area is 94.0 Å². The zero-order valence-electron chi connectivity index (χ0n) is 8.84. The van der Waals surface area contributed by atoms with Crippen molar-refractivity contribution in [3.63, 3.8) is 0 Å². The van der Waals surface area contributed by atoms with Crippen LogP contribution >= 0.6 is 0 Å². The van der Waals surface area contributed by atoms with Gasteiger partial charge in [-0.2, -0.15) is 5.10 Å². The van der Waals surface area contributed by atoms with Crippen molar-refractivity contribution in [1.82, 2.24) is 0 Å². The SMILES string of the molecule is c1ccc(N2CCC(c3ccoc3)=N2)cc1. The average molecular weight is 212 g/mol. The van der Waals surface area contributed by atoms with Crippen molar-refractivity contribution in [2.45, 2.75) is 6.42 Å². The summed E-state index contributed by atoms with van der Waals surface area (Å²) in [5.41, 5.74) is 3.32. The molecule has 0 spiro atoms. The first-order valence-corrected chi connectivity index (χ1v) is 5.36. The molecule has 0 radical (unpaired) electrons. The van der Waals surface area contributed by atoms with Gasteiger partial charge in [-0.3, -0.25) is 5.01 Å². The Morgan fingerprint density at radius 1 is 1.12 bits per heavy atom. The van der Waals surface area contributed by atoms with Crippen molar-refractivity contribution in [2.24, 2.45) is 5.10 Å². The Kier molecular flexibility index (Phi) is 2.22. The standard InChI is InChI=1S/C13H12N2O/c1-2-4-12(5-3-1)15-8-6-13(14-15)11-7-9-16-10-11/h1-5,7,9-10H,6,8H2. The summed E-state index contributed by atoms with van der Waals surface area (Å²) in [4.78, 5) is 0. The number of anilines is 1. The van der Waals surface area contributed by atoms with Crippen LogP contribution in [0.1, 0.15) is 12.0 Å². The predicted molar refractivity (Wildman–Crippen MR) is 63.7 cm³/mol. The first-order valence-electron chi connectivity index (χ1n) is 5.36. The van der Waals surface area contributed by atoms with Gasteiger partial charge >= 0.3 is 0 Å². The van der Waals surface area contributed by atoms with Crippen molar-refractivity contribution in [3.8, 4) is 0 Å². The Morgan fingerprint density at radius 3 is 2.75 bits per heavy atom. The monoisotopic (exact) mass is 212 g/mol. The summed E-state index contributed by atoms with van der Waals surface area (Å²) in [6, 6.07) is 12.2. The normalized spacial score (nSPS) is 15.2. The Hall–Kier alpha value is -2.03. The van der Waals surface area contributed by atoms with E-state index in [1.807, 2.05) is 29.3 Å². The molecule has 1 aromatic carbocycles. The fourth-order valence-corrected chi connectivity index (χ4v) is 1.88. The van der Waals surface area contributed by atoms with Gasteiger partial charge < -0.3 is 4.42 Å². The van der Waals surface area contributed by atoms with Crippen molar-refractivity contribution in [1.29, 1.82) is 0 Å². The van der Waals surface area contributed by atoms with Crippen molar-refractivity contribution < 1.29 is 4.42 Å². The second-order valence-electron chi connectivity index (χ2n) is 3.77. The highest BCUT2D eigenvalue weighted by Crippen LogP contribution is 2.21. The van der Waals surface area contributed by atoms with Crippen LogP contribution < -0.4 is 5.01 Å². The molecule has 0 saturated heterocycles. The van der Waals surface area contributed by atoms with Crippen LogP contribution in [0.3, 0.4) is 0 Å². The Morgan fingerprint density at radius 2 is 2.00 bits per heavy atom. The van der Waals surface area contributed by atoms with Gasteiger partial charge in [0.05, 0.1) is 23.9 Å². The van der Waals surface area contributed by atoms with Crippen LogP contribution in [0.4, 0.5) is 5.69 Å². The molecule has 0 unspecified atom stereocenters. The van der Waals surface area contributed by atoms with Gasteiger partial charge in [-0.15, -0.1) is 0 Å². The lowest BCUT2D eigenvalue weighted by molar-refractivity contribution is 0.567. The fourth-order valence-electron chi connectivity index (χ4n) is 1.88. The molecule has 80 valence electrons. The number of hydrazone groups is 1. The molecule has 16 heavy (non-hydrogen) atoms. The quantitative estimate of drug-likeness (QED) is 0.765. The van der Waals surface area contributed by atoms with Gasteiger partial charge in [0.2, 0.25) is 0 Å². The summed E-state index contributed by atoms with van der Waals surface area (Å²) >= 11 is 0. The average Bonchev–Trinajstić information content (AvgIpc) is 3.01. The van der Waals surface area contributed by atoms with E-state index >= 15 is 0 Å². The molecule has 3 heteroatoms. The van der Waals surface area contributed by atoms with E-state index in [9.17, 15) is 0 Å². The van der Waals surface area contributed by atoms with E-state index in [2.05, 4.69) is 17.2 Å². The zero-order chi connectivity index (χ0) is 10.8. The molecule has 2 heterocycles. The van der Waals surface area contributed by atoms with Gasteiger partial charge in [0, 0.05) is 18.5 Å². The van der Waals surface area contributed by atoms with Gasteiger partial charge in [-0.05, 0) is 18.2 Å². The molecule has 2 aromatic rings. The first kappa shape index (κ1) is 9.21. The van der Waals surface area contributed by atoms with Crippen LogP contribution in [-0.4, -0.2) is 12.3 Å². The predicted octanol–water partition coefficient (Wildman–Crippen LogP) is 2.89. The second-order valence-corrected chi connectivity index (χ2v) is 3.77. The van der Waals surface area contributed by atoms with Gasteiger partial charge in [-0.25, -0.2) is 0 Å². The molecule has 1 aliphatic heterocycles. The van der Waals surface area contributed by atoms with E-state index in [0.29, 0.717) is 0 Å². The maximum atomic E-state index is 5.07. The number of nitrogens with zero attached hydrogens (tertiary/aromatic N) is 2. The van der Waals surface area contributed by atoms with E-state index in [-0.39, 0.29) is 0 Å². The first-order chi connectivity index (χ1) is 7.93. The van der Waals surface area contributed by atoms with Gasteiger partial charge in [0.1, 0.15) is 0 Å². The maximum Gasteiger partial charge on any atom is 0.0993 e. The van der Waals surface area contributed by atoms with Gasteiger partial charge in [0.15, 0.2) is 0 Å². The second kappa shape index (κ2) is 3.85. The highest BCUT2D eigenvalue weighted by Gasteiger charge is 2.17. The molecular weight excluding hydrogens is 200 g/mol. The summed E-state index contributed by atoms with van der Waals surface area (Å²) in [6.07, 6.45) is 4.39. The molecule has 3 nitrogen and oxygen atoms in total. The van der Waals surface area contributed by atoms with E-state index in [1.165, 1.54) is 0 Å².